The van der Waals surface area contributed by atoms with E-state index in [4.69, 9.17) is 20.9 Å². The zero-order valence-corrected chi connectivity index (χ0v) is 14.9. The van der Waals surface area contributed by atoms with Gasteiger partial charge in [0.05, 0.1) is 13.2 Å². The van der Waals surface area contributed by atoms with Gasteiger partial charge in [0.2, 0.25) is 5.82 Å². The molecular formula is C20H18ClN3O2. The summed E-state index contributed by atoms with van der Waals surface area (Å²) in [5, 5.41) is 4.41. The lowest BCUT2D eigenvalue weighted by molar-refractivity contribution is 0.122. The first-order valence-corrected chi connectivity index (χ1v) is 8.87. The van der Waals surface area contributed by atoms with Gasteiger partial charge in [-0.25, -0.2) is 0 Å². The SMILES string of the molecule is Cl/C(=C\c1ccc(N2CCOCC2)cc1)c1nc(-c2ccccc2)no1. The fourth-order valence-electron chi connectivity index (χ4n) is 2.84. The van der Waals surface area contributed by atoms with Crippen LogP contribution < -0.4 is 4.90 Å². The fraction of sp³-hybridized carbons (Fsp3) is 0.200. The summed E-state index contributed by atoms with van der Waals surface area (Å²) in [5.41, 5.74) is 3.05. The van der Waals surface area contributed by atoms with Crippen LogP contribution in [-0.4, -0.2) is 36.4 Å². The summed E-state index contributed by atoms with van der Waals surface area (Å²) in [6.07, 6.45) is 1.83. The minimum Gasteiger partial charge on any atom is -0.378 e. The summed E-state index contributed by atoms with van der Waals surface area (Å²) >= 11 is 6.37. The molecule has 1 saturated heterocycles. The van der Waals surface area contributed by atoms with Gasteiger partial charge in [-0.15, -0.1) is 0 Å². The first kappa shape index (κ1) is 16.8. The van der Waals surface area contributed by atoms with E-state index in [0.717, 1.165) is 37.4 Å². The molecular weight excluding hydrogens is 350 g/mol. The molecule has 0 amide bonds. The molecule has 0 unspecified atom stereocenters. The summed E-state index contributed by atoms with van der Waals surface area (Å²) in [7, 11) is 0. The second kappa shape index (κ2) is 7.72. The molecule has 6 heteroatoms. The molecule has 3 aromatic rings. The van der Waals surface area contributed by atoms with E-state index in [-0.39, 0.29) is 0 Å². The Balaban J connectivity index is 1.50. The Hall–Kier alpha value is -2.63. The summed E-state index contributed by atoms with van der Waals surface area (Å²) < 4.78 is 10.7. The number of morpholine rings is 1. The van der Waals surface area contributed by atoms with E-state index in [1.165, 1.54) is 5.69 Å². The molecule has 0 radical (unpaired) electrons. The number of hydrogen-bond donors (Lipinski definition) is 0. The third kappa shape index (κ3) is 3.79. The molecule has 0 atom stereocenters. The molecule has 1 aliphatic rings. The van der Waals surface area contributed by atoms with Crippen LogP contribution in [0.4, 0.5) is 5.69 Å². The number of halogens is 1. The van der Waals surface area contributed by atoms with E-state index in [1.54, 1.807) is 0 Å². The van der Waals surface area contributed by atoms with Crippen LogP contribution in [-0.2, 0) is 4.74 Å². The van der Waals surface area contributed by atoms with Crippen LogP contribution in [0, 0.1) is 0 Å². The molecule has 2 aromatic carbocycles. The highest BCUT2D eigenvalue weighted by atomic mass is 35.5. The number of rotatable bonds is 4. The van der Waals surface area contributed by atoms with Gasteiger partial charge < -0.3 is 14.2 Å². The standard InChI is InChI=1S/C20H18ClN3O2/c21-18(20-22-19(23-26-20)16-4-2-1-3-5-16)14-15-6-8-17(9-7-15)24-10-12-25-13-11-24/h1-9,14H,10-13H2/b18-14-. The molecule has 1 fully saturated rings. The molecule has 0 spiro atoms. The predicted molar refractivity (Wildman–Crippen MR) is 103 cm³/mol. The van der Waals surface area contributed by atoms with Gasteiger partial charge in [0.15, 0.2) is 0 Å². The van der Waals surface area contributed by atoms with Gasteiger partial charge in [0, 0.05) is 24.3 Å². The van der Waals surface area contributed by atoms with Gasteiger partial charge in [-0.3, -0.25) is 0 Å². The quantitative estimate of drug-likeness (QED) is 0.687. The van der Waals surface area contributed by atoms with E-state index >= 15 is 0 Å². The summed E-state index contributed by atoms with van der Waals surface area (Å²) in [4.78, 5) is 6.68. The van der Waals surface area contributed by atoms with Crippen LogP contribution in [0.1, 0.15) is 11.5 Å². The second-order valence-electron chi connectivity index (χ2n) is 5.97. The number of hydrogen-bond acceptors (Lipinski definition) is 5. The monoisotopic (exact) mass is 367 g/mol. The highest BCUT2D eigenvalue weighted by Gasteiger charge is 2.12. The highest BCUT2D eigenvalue weighted by molar-refractivity contribution is 6.50. The second-order valence-corrected chi connectivity index (χ2v) is 6.38. The maximum atomic E-state index is 6.37. The van der Waals surface area contributed by atoms with Crippen molar-refractivity contribution in [2.45, 2.75) is 0 Å². The van der Waals surface area contributed by atoms with Crippen LogP contribution in [0.3, 0.4) is 0 Å². The maximum Gasteiger partial charge on any atom is 0.269 e. The van der Waals surface area contributed by atoms with Crippen LogP contribution >= 0.6 is 11.6 Å². The largest absolute Gasteiger partial charge is 0.378 e. The van der Waals surface area contributed by atoms with E-state index in [2.05, 4.69) is 27.2 Å². The fourth-order valence-corrected chi connectivity index (χ4v) is 3.04. The highest BCUT2D eigenvalue weighted by Crippen LogP contribution is 2.25. The van der Waals surface area contributed by atoms with Crippen LogP contribution in [0.5, 0.6) is 0 Å². The number of benzene rings is 2. The lowest BCUT2D eigenvalue weighted by Gasteiger charge is -2.28. The zero-order chi connectivity index (χ0) is 17.8. The molecule has 0 bridgehead atoms. The van der Waals surface area contributed by atoms with E-state index in [9.17, 15) is 0 Å². The number of anilines is 1. The average molecular weight is 368 g/mol. The smallest absolute Gasteiger partial charge is 0.269 e. The number of nitrogens with zero attached hydrogens (tertiary/aromatic N) is 3. The summed E-state index contributed by atoms with van der Waals surface area (Å²) in [5.74, 6) is 0.831. The molecule has 4 rings (SSSR count). The molecule has 1 aliphatic heterocycles. The normalized spacial score (nSPS) is 15.3. The van der Waals surface area contributed by atoms with E-state index < -0.39 is 0 Å². The topological polar surface area (TPSA) is 51.4 Å². The van der Waals surface area contributed by atoms with E-state index in [0.29, 0.717) is 16.7 Å². The lowest BCUT2D eigenvalue weighted by Crippen LogP contribution is -2.36. The third-order valence-electron chi connectivity index (χ3n) is 4.23. The van der Waals surface area contributed by atoms with Gasteiger partial charge in [-0.1, -0.05) is 59.2 Å². The summed E-state index contributed by atoms with van der Waals surface area (Å²) in [6, 6.07) is 17.9. The molecule has 0 N–H and O–H groups in total. The van der Waals surface area contributed by atoms with Gasteiger partial charge in [-0.05, 0) is 23.8 Å². The molecule has 132 valence electrons. The Morgan fingerprint density at radius 3 is 2.46 bits per heavy atom. The van der Waals surface area contributed by atoms with Crippen molar-refractivity contribution in [2.24, 2.45) is 0 Å². The van der Waals surface area contributed by atoms with Crippen LogP contribution in [0.2, 0.25) is 0 Å². The number of ether oxygens (including phenoxy) is 1. The van der Waals surface area contributed by atoms with Gasteiger partial charge >= 0.3 is 0 Å². The van der Waals surface area contributed by atoms with Crippen molar-refractivity contribution in [3.05, 3.63) is 66.1 Å². The predicted octanol–water partition coefficient (Wildman–Crippen LogP) is 4.31. The van der Waals surface area contributed by atoms with Crippen molar-refractivity contribution in [1.82, 2.24) is 10.1 Å². The number of aromatic nitrogens is 2. The van der Waals surface area contributed by atoms with Crippen molar-refractivity contribution < 1.29 is 9.26 Å². The Labute approximate surface area is 156 Å². The van der Waals surface area contributed by atoms with E-state index in [1.807, 2.05) is 48.5 Å². The first-order chi connectivity index (χ1) is 12.8. The molecule has 26 heavy (non-hydrogen) atoms. The van der Waals surface area contributed by atoms with Crippen molar-refractivity contribution in [2.75, 3.05) is 31.2 Å². The zero-order valence-electron chi connectivity index (χ0n) is 14.1. The molecule has 0 aliphatic carbocycles. The third-order valence-corrected chi connectivity index (χ3v) is 4.50. The Bertz CT molecular complexity index is 885. The Morgan fingerprint density at radius 1 is 1.00 bits per heavy atom. The van der Waals surface area contributed by atoms with Crippen molar-refractivity contribution in [1.29, 1.82) is 0 Å². The van der Waals surface area contributed by atoms with Gasteiger partial charge in [-0.2, -0.15) is 4.98 Å². The summed E-state index contributed by atoms with van der Waals surface area (Å²) in [6.45, 7) is 3.38. The van der Waals surface area contributed by atoms with Crippen molar-refractivity contribution in [3.63, 3.8) is 0 Å². The minimum absolute atomic E-state index is 0.308. The van der Waals surface area contributed by atoms with Crippen LogP contribution in [0.15, 0.2) is 59.1 Å². The Morgan fingerprint density at radius 2 is 1.73 bits per heavy atom. The average Bonchev–Trinajstić information content (AvgIpc) is 3.20. The maximum absolute atomic E-state index is 6.37. The first-order valence-electron chi connectivity index (χ1n) is 8.49. The molecule has 0 saturated carbocycles. The minimum atomic E-state index is 0.308. The molecule has 5 nitrogen and oxygen atoms in total. The van der Waals surface area contributed by atoms with Gasteiger partial charge in [0.25, 0.3) is 5.89 Å². The van der Waals surface area contributed by atoms with Crippen LogP contribution in [0.25, 0.3) is 22.5 Å². The lowest BCUT2D eigenvalue weighted by atomic mass is 10.1. The van der Waals surface area contributed by atoms with Crippen molar-refractivity contribution in [3.8, 4) is 11.4 Å². The van der Waals surface area contributed by atoms with Crippen molar-refractivity contribution >= 4 is 28.4 Å². The molecule has 1 aromatic heterocycles. The molecule has 2 heterocycles. The van der Waals surface area contributed by atoms with Gasteiger partial charge in [0.1, 0.15) is 5.03 Å². The Kier molecular flexibility index (Phi) is 5.00.